The molecule has 0 saturated heterocycles. The maximum atomic E-state index is 10.5. The molecule has 1 aromatic rings. The van der Waals surface area contributed by atoms with E-state index in [1.165, 1.54) is 23.1 Å². The summed E-state index contributed by atoms with van der Waals surface area (Å²) in [6.45, 7) is 8.02. The molecule has 0 spiro atoms. The standard InChI is InChI=1S/C11H15NO3S2/c1-10(2)7-8(11(3,4)15-10)17-9(12-7)16-5-6(13)14/h5H2,1-4H3,(H,13,14). The van der Waals surface area contributed by atoms with Gasteiger partial charge in [-0.25, -0.2) is 4.98 Å². The molecule has 0 radical (unpaired) electrons. The lowest BCUT2D eigenvalue weighted by atomic mass is 10.0. The summed E-state index contributed by atoms with van der Waals surface area (Å²) in [4.78, 5) is 16.1. The van der Waals surface area contributed by atoms with E-state index in [0.717, 1.165) is 14.9 Å². The summed E-state index contributed by atoms with van der Waals surface area (Å²) in [6, 6.07) is 0. The van der Waals surface area contributed by atoms with Crippen molar-refractivity contribution >= 4 is 29.1 Å². The van der Waals surface area contributed by atoms with Crippen LogP contribution in [0.3, 0.4) is 0 Å². The normalized spacial score (nSPS) is 20.2. The lowest BCUT2D eigenvalue weighted by Crippen LogP contribution is -2.23. The Balaban J connectivity index is 2.30. The molecule has 0 amide bonds. The Kier molecular flexibility index (Phi) is 3.00. The predicted octanol–water partition coefficient (Wildman–Crippen LogP) is 2.82. The van der Waals surface area contributed by atoms with E-state index < -0.39 is 11.6 Å². The molecule has 4 nitrogen and oxygen atoms in total. The van der Waals surface area contributed by atoms with Crippen LogP contribution in [-0.4, -0.2) is 21.8 Å². The smallest absolute Gasteiger partial charge is 0.313 e. The summed E-state index contributed by atoms with van der Waals surface area (Å²) in [7, 11) is 0. The number of carbonyl (C=O) groups is 1. The quantitative estimate of drug-likeness (QED) is 0.858. The number of fused-ring (bicyclic) bond motifs is 1. The number of nitrogens with zero attached hydrogens (tertiary/aromatic N) is 1. The summed E-state index contributed by atoms with van der Waals surface area (Å²) < 4.78 is 6.76. The summed E-state index contributed by atoms with van der Waals surface area (Å²) in [5, 5.41) is 8.66. The summed E-state index contributed by atoms with van der Waals surface area (Å²) in [5.74, 6) is -0.770. The number of thiazole rings is 1. The van der Waals surface area contributed by atoms with Gasteiger partial charge in [-0.15, -0.1) is 11.3 Å². The van der Waals surface area contributed by atoms with Crippen LogP contribution < -0.4 is 0 Å². The van der Waals surface area contributed by atoms with Crippen molar-refractivity contribution in [2.45, 2.75) is 43.2 Å². The number of carboxylic acid groups (broad SMARTS) is 1. The van der Waals surface area contributed by atoms with Crippen molar-refractivity contribution in [3.8, 4) is 0 Å². The van der Waals surface area contributed by atoms with Crippen molar-refractivity contribution in [1.29, 1.82) is 0 Å². The van der Waals surface area contributed by atoms with Gasteiger partial charge >= 0.3 is 5.97 Å². The topological polar surface area (TPSA) is 59.4 Å². The summed E-state index contributed by atoms with van der Waals surface area (Å²) >= 11 is 2.80. The third-order valence-corrected chi connectivity index (χ3v) is 5.04. The maximum Gasteiger partial charge on any atom is 0.313 e. The zero-order chi connectivity index (χ0) is 12.8. The Hall–Kier alpha value is -0.590. The van der Waals surface area contributed by atoms with Gasteiger partial charge in [-0.05, 0) is 27.7 Å². The molecular weight excluding hydrogens is 258 g/mol. The second-order valence-corrected chi connectivity index (χ2v) is 7.18. The molecule has 0 unspecified atom stereocenters. The minimum atomic E-state index is -0.819. The van der Waals surface area contributed by atoms with Crippen LogP contribution in [0.15, 0.2) is 4.34 Å². The highest BCUT2D eigenvalue weighted by atomic mass is 32.2. The van der Waals surface area contributed by atoms with Crippen molar-refractivity contribution < 1.29 is 14.6 Å². The van der Waals surface area contributed by atoms with Crippen molar-refractivity contribution in [3.05, 3.63) is 10.6 Å². The molecule has 0 aliphatic carbocycles. The molecule has 2 heterocycles. The van der Waals surface area contributed by atoms with Gasteiger partial charge in [0.2, 0.25) is 0 Å². The van der Waals surface area contributed by atoms with Crippen molar-refractivity contribution in [2.75, 3.05) is 5.75 Å². The molecule has 1 N–H and O–H groups in total. The van der Waals surface area contributed by atoms with Gasteiger partial charge in [0.05, 0.1) is 21.9 Å². The first-order valence-electron chi connectivity index (χ1n) is 5.29. The molecule has 0 saturated carbocycles. The molecule has 1 aromatic heterocycles. The highest BCUT2D eigenvalue weighted by Gasteiger charge is 2.46. The average Bonchev–Trinajstić information content (AvgIpc) is 2.63. The molecule has 1 aliphatic rings. The van der Waals surface area contributed by atoms with Crippen LogP contribution in [0, 0.1) is 0 Å². The molecule has 6 heteroatoms. The largest absolute Gasteiger partial charge is 0.481 e. The summed E-state index contributed by atoms with van der Waals surface area (Å²) in [5.41, 5.74) is 0.219. The Labute approximate surface area is 108 Å². The van der Waals surface area contributed by atoms with Crippen LogP contribution in [-0.2, 0) is 20.7 Å². The van der Waals surface area contributed by atoms with Gasteiger partial charge in [0.1, 0.15) is 5.60 Å². The third-order valence-electron chi connectivity index (χ3n) is 2.55. The highest BCUT2D eigenvalue weighted by Crippen LogP contribution is 2.50. The van der Waals surface area contributed by atoms with Gasteiger partial charge in [-0.3, -0.25) is 4.79 Å². The molecule has 0 atom stereocenters. The fourth-order valence-electron chi connectivity index (χ4n) is 2.03. The van der Waals surface area contributed by atoms with Crippen LogP contribution in [0.1, 0.15) is 38.3 Å². The van der Waals surface area contributed by atoms with Crippen LogP contribution in [0.5, 0.6) is 0 Å². The molecule has 1 aliphatic heterocycles. The highest BCUT2D eigenvalue weighted by molar-refractivity contribution is 8.01. The lowest BCUT2D eigenvalue weighted by molar-refractivity contribution is -0.133. The minimum Gasteiger partial charge on any atom is -0.481 e. The number of hydrogen-bond donors (Lipinski definition) is 1. The number of ether oxygens (including phenoxy) is 1. The van der Waals surface area contributed by atoms with Gasteiger partial charge in [0, 0.05) is 0 Å². The first kappa shape index (κ1) is 12.9. The van der Waals surface area contributed by atoms with Crippen LogP contribution in [0.25, 0.3) is 0 Å². The minimum absolute atomic E-state index is 0.0497. The van der Waals surface area contributed by atoms with Gasteiger partial charge in [0.25, 0.3) is 0 Å². The van der Waals surface area contributed by atoms with E-state index in [2.05, 4.69) is 4.98 Å². The van der Waals surface area contributed by atoms with Crippen LogP contribution in [0.4, 0.5) is 0 Å². The Bertz CT molecular complexity index is 434. The van der Waals surface area contributed by atoms with Crippen LogP contribution in [0.2, 0.25) is 0 Å². The number of hydrogen-bond acceptors (Lipinski definition) is 5. The molecule has 2 rings (SSSR count). The number of rotatable bonds is 3. The third kappa shape index (κ3) is 2.34. The monoisotopic (exact) mass is 273 g/mol. The predicted molar refractivity (Wildman–Crippen MR) is 67.6 cm³/mol. The average molecular weight is 273 g/mol. The van der Waals surface area contributed by atoms with Gasteiger partial charge in [0.15, 0.2) is 4.34 Å². The zero-order valence-electron chi connectivity index (χ0n) is 10.2. The van der Waals surface area contributed by atoms with E-state index in [1.807, 2.05) is 27.7 Å². The number of aliphatic carboxylic acids is 1. The fraction of sp³-hybridized carbons (Fsp3) is 0.636. The van der Waals surface area contributed by atoms with Crippen molar-refractivity contribution in [2.24, 2.45) is 0 Å². The first-order chi connectivity index (χ1) is 7.72. The summed E-state index contributed by atoms with van der Waals surface area (Å²) in [6.07, 6.45) is 0. The van der Waals surface area contributed by atoms with E-state index in [4.69, 9.17) is 9.84 Å². The molecular formula is C11H15NO3S2. The second-order valence-electron chi connectivity index (χ2n) is 4.96. The lowest BCUT2D eigenvalue weighted by Gasteiger charge is -2.24. The zero-order valence-corrected chi connectivity index (χ0v) is 11.9. The van der Waals surface area contributed by atoms with Gasteiger partial charge in [-0.2, -0.15) is 0 Å². The number of aromatic nitrogens is 1. The van der Waals surface area contributed by atoms with Gasteiger partial charge < -0.3 is 9.84 Å². The second kappa shape index (κ2) is 3.96. The fourth-order valence-corrected chi connectivity index (χ4v) is 4.09. The van der Waals surface area contributed by atoms with Crippen LogP contribution >= 0.6 is 23.1 Å². The van der Waals surface area contributed by atoms with E-state index in [0.29, 0.717) is 0 Å². The Morgan fingerprint density at radius 1 is 1.41 bits per heavy atom. The van der Waals surface area contributed by atoms with E-state index in [-0.39, 0.29) is 11.4 Å². The number of thioether (sulfide) groups is 1. The van der Waals surface area contributed by atoms with E-state index >= 15 is 0 Å². The van der Waals surface area contributed by atoms with Gasteiger partial charge in [-0.1, -0.05) is 11.8 Å². The maximum absolute atomic E-state index is 10.5. The molecule has 17 heavy (non-hydrogen) atoms. The molecule has 0 aromatic carbocycles. The van der Waals surface area contributed by atoms with E-state index in [1.54, 1.807) is 0 Å². The van der Waals surface area contributed by atoms with E-state index in [9.17, 15) is 4.79 Å². The molecule has 0 bridgehead atoms. The first-order valence-corrected chi connectivity index (χ1v) is 7.09. The number of carboxylic acids is 1. The van der Waals surface area contributed by atoms with Crippen molar-refractivity contribution in [1.82, 2.24) is 4.98 Å². The molecule has 0 fully saturated rings. The SMILES string of the molecule is CC1(C)OC(C)(C)c2sc(SCC(=O)O)nc21. The van der Waals surface area contributed by atoms with Crippen molar-refractivity contribution in [3.63, 3.8) is 0 Å². The molecule has 94 valence electrons. The Morgan fingerprint density at radius 3 is 2.59 bits per heavy atom. The Morgan fingerprint density at radius 2 is 2.06 bits per heavy atom.